The summed E-state index contributed by atoms with van der Waals surface area (Å²) < 4.78 is 0. The molecule has 2 atom stereocenters. The van der Waals surface area contributed by atoms with E-state index in [1.165, 1.54) is 0 Å². The number of aliphatic hydroxyl groups excluding tert-OH is 1. The molecule has 0 bridgehead atoms. The van der Waals surface area contributed by atoms with Crippen LogP contribution in [0, 0.1) is 24.2 Å². The Labute approximate surface area is 57.1 Å². The van der Waals surface area contributed by atoms with Crippen molar-refractivity contribution < 1.29 is 5.11 Å². The van der Waals surface area contributed by atoms with Crippen molar-refractivity contribution in [3.63, 3.8) is 0 Å². The van der Waals surface area contributed by atoms with E-state index < -0.39 is 0 Å². The molecule has 1 N–H and O–H groups in total. The fraction of sp³-hybridized carbons (Fsp3) is 0.750. The van der Waals surface area contributed by atoms with Gasteiger partial charge < -0.3 is 5.11 Å². The zero-order valence-electron chi connectivity index (χ0n) is 6.26. The Morgan fingerprint density at radius 1 is 1.33 bits per heavy atom. The van der Waals surface area contributed by atoms with Gasteiger partial charge in [0.15, 0.2) is 0 Å². The van der Waals surface area contributed by atoms with Crippen molar-refractivity contribution in [2.75, 3.05) is 0 Å². The van der Waals surface area contributed by atoms with Gasteiger partial charge in [-0.2, -0.15) is 0 Å². The number of rotatable bonds is 2. The summed E-state index contributed by atoms with van der Waals surface area (Å²) in [5.41, 5.74) is 0. The average Bonchev–Trinajstić information content (AvgIpc) is 1.84. The number of hydrogen-bond acceptors (Lipinski definition) is 1. The molecule has 0 rings (SSSR count). The summed E-state index contributed by atoms with van der Waals surface area (Å²) in [4.78, 5) is 0. The second-order valence-electron chi connectivity index (χ2n) is 2.69. The number of aliphatic hydroxyl groups is 1. The fourth-order valence-electron chi connectivity index (χ4n) is 0.676. The van der Waals surface area contributed by atoms with Crippen LogP contribution in [0.3, 0.4) is 0 Å². The molecule has 0 spiro atoms. The van der Waals surface area contributed by atoms with Crippen molar-refractivity contribution in [1.29, 1.82) is 0 Å². The lowest BCUT2D eigenvalue weighted by atomic mass is 9.96. The molecule has 0 radical (unpaired) electrons. The lowest BCUT2D eigenvalue weighted by molar-refractivity contribution is 0.0946. The van der Waals surface area contributed by atoms with Crippen LogP contribution in [0.15, 0.2) is 0 Å². The first kappa shape index (κ1) is 8.52. The molecule has 0 aliphatic heterocycles. The van der Waals surface area contributed by atoms with Gasteiger partial charge in [-0.3, -0.25) is 0 Å². The van der Waals surface area contributed by atoms with Crippen LogP contribution in [0.25, 0.3) is 0 Å². The molecule has 0 aromatic rings. The first-order valence-corrected chi connectivity index (χ1v) is 3.23. The molecule has 9 heavy (non-hydrogen) atoms. The van der Waals surface area contributed by atoms with Crippen molar-refractivity contribution in [3.05, 3.63) is 0 Å². The highest BCUT2D eigenvalue weighted by Gasteiger charge is 2.14. The van der Waals surface area contributed by atoms with Gasteiger partial charge in [-0.05, 0) is 12.8 Å². The molecule has 0 fully saturated rings. The SMILES string of the molecule is C#C[C@@H](C)[C@H](O)C(C)C. The van der Waals surface area contributed by atoms with E-state index in [-0.39, 0.29) is 17.9 Å². The van der Waals surface area contributed by atoms with Gasteiger partial charge in [-0.25, -0.2) is 0 Å². The Morgan fingerprint density at radius 3 is 1.89 bits per heavy atom. The van der Waals surface area contributed by atoms with E-state index in [1.807, 2.05) is 20.8 Å². The molecule has 1 nitrogen and oxygen atoms in total. The van der Waals surface area contributed by atoms with Crippen LogP contribution in [-0.2, 0) is 0 Å². The van der Waals surface area contributed by atoms with Crippen LogP contribution in [-0.4, -0.2) is 11.2 Å². The quantitative estimate of drug-likeness (QED) is 0.552. The molecule has 0 heterocycles. The van der Waals surface area contributed by atoms with Crippen molar-refractivity contribution in [3.8, 4) is 12.3 Å². The minimum atomic E-state index is -0.352. The van der Waals surface area contributed by atoms with Crippen molar-refractivity contribution >= 4 is 0 Å². The molecule has 0 amide bonds. The van der Waals surface area contributed by atoms with E-state index in [4.69, 9.17) is 6.42 Å². The van der Waals surface area contributed by atoms with Crippen molar-refractivity contribution in [1.82, 2.24) is 0 Å². The van der Waals surface area contributed by atoms with Gasteiger partial charge in [0, 0.05) is 5.92 Å². The van der Waals surface area contributed by atoms with Gasteiger partial charge in [0.1, 0.15) is 0 Å². The number of terminal acetylenes is 1. The summed E-state index contributed by atoms with van der Waals surface area (Å²) >= 11 is 0. The van der Waals surface area contributed by atoms with Gasteiger partial charge in [0.2, 0.25) is 0 Å². The van der Waals surface area contributed by atoms with E-state index in [1.54, 1.807) is 0 Å². The molecule has 1 heteroatoms. The lowest BCUT2D eigenvalue weighted by Crippen LogP contribution is -2.22. The third-order valence-corrected chi connectivity index (χ3v) is 1.46. The van der Waals surface area contributed by atoms with Crippen molar-refractivity contribution in [2.45, 2.75) is 26.9 Å². The van der Waals surface area contributed by atoms with Gasteiger partial charge in [-0.1, -0.05) is 13.8 Å². The van der Waals surface area contributed by atoms with Crippen LogP contribution >= 0.6 is 0 Å². The fourth-order valence-corrected chi connectivity index (χ4v) is 0.676. The molecule has 0 saturated heterocycles. The standard InChI is InChI=1S/C8H14O/c1-5-7(4)8(9)6(2)3/h1,6-9H,2-4H3/t7-,8-/m1/s1. The second kappa shape index (κ2) is 3.53. The van der Waals surface area contributed by atoms with Crippen LogP contribution in [0.4, 0.5) is 0 Å². The van der Waals surface area contributed by atoms with E-state index in [0.29, 0.717) is 0 Å². The predicted octanol–water partition coefficient (Wildman–Crippen LogP) is 1.27. The van der Waals surface area contributed by atoms with E-state index in [9.17, 15) is 5.11 Å². The largest absolute Gasteiger partial charge is 0.392 e. The maximum absolute atomic E-state index is 9.25. The van der Waals surface area contributed by atoms with Crippen LogP contribution in [0.1, 0.15) is 20.8 Å². The molecule has 52 valence electrons. The molecular formula is C8H14O. The second-order valence-corrected chi connectivity index (χ2v) is 2.69. The van der Waals surface area contributed by atoms with Crippen LogP contribution in [0.5, 0.6) is 0 Å². The molecule has 0 aromatic carbocycles. The summed E-state index contributed by atoms with van der Waals surface area (Å²) in [5, 5.41) is 9.25. The van der Waals surface area contributed by atoms with Gasteiger partial charge in [-0.15, -0.1) is 12.3 Å². The average molecular weight is 126 g/mol. The number of hydrogen-bond donors (Lipinski definition) is 1. The Morgan fingerprint density at radius 2 is 1.78 bits per heavy atom. The lowest BCUT2D eigenvalue weighted by Gasteiger charge is -2.16. The Hall–Kier alpha value is -0.480. The van der Waals surface area contributed by atoms with Crippen LogP contribution in [0.2, 0.25) is 0 Å². The predicted molar refractivity (Wildman–Crippen MR) is 38.8 cm³/mol. The highest BCUT2D eigenvalue weighted by molar-refractivity contribution is 4.94. The summed E-state index contributed by atoms with van der Waals surface area (Å²) in [7, 11) is 0. The minimum absolute atomic E-state index is 0.0231. The Balaban J connectivity index is 3.76. The minimum Gasteiger partial charge on any atom is -0.392 e. The first-order chi connectivity index (χ1) is 4.09. The summed E-state index contributed by atoms with van der Waals surface area (Å²) in [6.45, 7) is 5.77. The van der Waals surface area contributed by atoms with Crippen LogP contribution < -0.4 is 0 Å². The maximum atomic E-state index is 9.25. The zero-order valence-corrected chi connectivity index (χ0v) is 6.26. The zero-order chi connectivity index (χ0) is 7.44. The van der Waals surface area contributed by atoms with Crippen molar-refractivity contribution in [2.24, 2.45) is 11.8 Å². The highest BCUT2D eigenvalue weighted by atomic mass is 16.3. The highest BCUT2D eigenvalue weighted by Crippen LogP contribution is 2.10. The molecule has 0 aliphatic carbocycles. The van der Waals surface area contributed by atoms with Gasteiger partial charge >= 0.3 is 0 Å². The van der Waals surface area contributed by atoms with E-state index in [2.05, 4.69) is 5.92 Å². The monoisotopic (exact) mass is 126 g/mol. The summed E-state index contributed by atoms with van der Waals surface area (Å²) in [6, 6.07) is 0. The molecule has 0 saturated carbocycles. The smallest absolute Gasteiger partial charge is 0.0697 e. The third kappa shape index (κ3) is 2.53. The summed E-state index contributed by atoms with van der Waals surface area (Å²) in [5.74, 6) is 2.73. The first-order valence-electron chi connectivity index (χ1n) is 3.23. The molecular weight excluding hydrogens is 112 g/mol. The molecule has 0 unspecified atom stereocenters. The topological polar surface area (TPSA) is 20.2 Å². The van der Waals surface area contributed by atoms with E-state index >= 15 is 0 Å². The Kier molecular flexibility index (Phi) is 3.34. The summed E-state index contributed by atoms with van der Waals surface area (Å²) in [6.07, 6.45) is 4.75. The van der Waals surface area contributed by atoms with E-state index in [0.717, 1.165) is 0 Å². The van der Waals surface area contributed by atoms with Gasteiger partial charge in [0.05, 0.1) is 6.10 Å². The molecule has 0 aromatic heterocycles. The third-order valence-electron chi connectivity index (χ3n) is 1.46. The van der Waals surface area contributed by atoms with Gasteiger partial charge in [0.25, 0.3) is 0 Å². The normalized spacial score (nSPS) is 16.9. The Bertz CT molecular complexity index is 110. The molecule has 0 aliphatic rings. The maximum Gasteiger partial charge on any atom is 0.0697 e.